The lowest BCUT2D eigenvalue weighted by molar-refractivity contribution is 0.394. The van der Waals surface area contributed by atoms with Crippen LogP contribution in [0.4, 0.5) is 0 Å². The Balaban J connectivity index is 2.47. The summed E-state index contributed by atoms with van der Waals surface area (Å²) < 4.78 is 10.7. The smallest absolute Gasteiger partial charge is 0.124 e. The number of ether oxygens (including phenoxy) is 2. The molecular weight excluding hydrogens is 254 g/mol. The molecule has 1 N–H and O–H groups in total. The Labute approximate surface area is 119 Å². The molecule has 1 aromatic carbocycles. The molecular formula is C15H19N3O2. The van der Waals surface area contributed by atoms with Crippen molar-refractivity contribution < 1.29 is 9.47 Å². The van der Waals surface area contributed by atoms with Gasteiger partial charge in [-0.1, -0.05) is 0 Å². The Bertz CT molecular complexity index is 570. The van der Waals surface area contributed by atoms with Crippen LogP contribution in [0.3, 0.4) is 0 Å². The first kappa shape index (κ1) is 14.3. The van der Waals surface area contributed by atoms with E-state index in [1.54, 1.807) is 26.6 Å². The normalized spacial score (nSPS) is 12.0. The van der Waals surface area contributed by atoms with E-state index >= 15 is 0 Å². The van der Waals surface area contributed by atoms with Gasteiger partial charge < -0.3 is 14.8 Å². The summed E-state index contributed by atoms with van der Waals surface area (Å²) in [4.78, 5) is 8.73. The maximum atomic E-state index is 5.43. The standard InChI is InChI=1S/C15H19N3O2/c1-10-8-18-13(9-17-10)15(16-2)12-7-11(19-3)5-6-14(12)20-4/h5-9,15-16H,1-4H3. The van der Waals surface area contributed by atoms with Crippen LogP contribution < -0.4 is 14.8 Å². The van der Waals surface area contributed by atoms with Gasteiger partial charge in [0, 0.05) is 11.8 Å². The molecule has 106 valence electrons. The van der Waals surface area contributed by atoms with Crippen LogP contribution in [0.5, 0.6) is 11.5 Å². The van der Waals surface area contributed by atoms with Gasteiger partial charge in [-0.25, -0.2) is 0 Å². The van der Waals surface area contributed by atoms with Gasteiger partial charge in [0.15, 0.2) is 0 Å². The van der Waals surface area contributed by atoms with Gasteiger partial charge in [0.25, 0.3) is 0 Å². The van der Waals surface area contributed by atoms with Crippen LogP contribution in [0, 0.1) is 6.92 Å². The molecule has 5 nitrogen and oxygen atoms in total. The predicted octanol–water partition coefficient (Wildman–Crippen LogP) is 2.11. The third-order valence-corrected chi connectivity index (χ3v) is 3.13. The largest absolute Gasteiger partial charge is 0.497 e. The minimum Gasteiger partial charge on any atom is -0.497 e. The molecule has 0 amide bonds. The summed E-state index contributed by atoms with van der Waals surface area (Å²) in [6.45, 7) is 1.91. The average Bonchev–Trinajstić information content (AvgIpc) is 2.49. The number of methoxy groups -OCH3 is 2. The number of nitrogens with zero attached hydrogens (tertiary/aromatic N) is 2. The molecule has 0 aliphatic carbocycles. The second kappa shape index (κ2) is 6.34. The SMILES string of the molecule is CNC(c1cnc(C)cn1)c1cc(OC)ccc1OC. The second-order valence-electron chi connectivity index (χ2n) is 4.41. The first-order valence-corrected chi connectivity index (χ1v) is 6.37. The van der Waals surface area contributed by atoms with Crippen molar-refractivity contribution in [3.63, 3.8) is 0 Å². The van der Waals surface area contributed by atoms with E-state index in [1.165, 1.54) is 0 Å². The van der Waals surface area contributed by atoms with E-state index in [4.69, 9.17) is 9.47 Å². The number of aromatic nitrogens is 2. The maximum absolute atomic E-state index is 5.43. The molecule has 1 aromatic heterocycles. The highest BCUT2D eigenvalue weighted by Crippen LogP contribution is 2.32. The molecule has 2 rings (SSSR count). The zero-order chi connectivity index (χ0) is 14.5. The molecule has 2 aromatic rings. The van der Waals surface area contributed by atoms with Crippen LogP contribution in [-0.4, -0.2) is 31.2 Å². The van der Waals surface area contributed by atoms with Gasteiger partial charge >= 0.3 is 0 Å². The van der Waals surface area contributed by atoms with Gasteiger partial charge in [0.2, 0.25) is 0 Å². The predicted molar refractivity (Wildman–Crippen MR) is 77.2 cm³/mol. The molecule has 0 spiro atoms. The first-order valence-electron chi connectivity index (χ1n) is 6.37. The average molecular weight is 273 g/mol. The monoisotopic (exact) mass is 273 g/mol. The molecule has 20 heavy (non-hydrogen) atoms. The van der Waals surface area contributed by atoms with E-state index < -0.39 is 0 Å². The van der Waals surface area contributed by atoms with Crippen LogP contribution >= 0.6 is 0 Å². The zero-order valence-electron chi connectivity index (χ0n) is 12.2. The van der Waals surface area contributed by atoms with E-state index in [9.17, 15) is 0 Å². The zero-order valence-corrected chi connectivity index (χ0v) is 12.2. The molecule has 1 unspecified atom stereocenters. The number of hydrogen-bond donors (Lipinski definition) is 1. The molecule has 0 bridgehead atoms. The van der Waals surface area contributed by atoms with Crippen LogP contribution in [0.25, 0.3) is 0 Å². The number of hydrogen-bond acceptors (Lipinski definition) is 5. The highest BCUT2D eigenvalue weighted by atomic mass is 16.5. The van der Waals surface area contributed by atoms with E-state index in [0.717, 1.165) is 28.5 Å². The van der Waals surface area contributed by atoms with Crippen molar-refractivity contribution >= 4 is 0 Å². The van der Waals surface area contributed by atoms with Crippen molar-refractivity contribution in [1.82, 2.24) is 15.3 Å². The fourth-order valence-corrected chi connectivity index (χ4v) is 2.08. The summed E-state index contributed by atoms with van der Waals surface area (Å²) >= 11 is 0. The van der Waals surface area contributed by atoms with Crippen LogP contribution in [0.2, 0.25) is 0 Å². The Morgan fingerprint density at radius 1 is 1.10 bits per heavy atom. The summed E-state index contributed by atoms with van der Waals surface area (Å²) in [5.41, 5.74) is 2.69. The lowest BCUT2D eigenvalue weighted by atomic mass is 10.0. The van der Waals surface area contributed by atoms with Gasteiger partial charge in [0.05, 0.1) is 37.8 Å². The minimum absolute atomic E-state index is 0.104. The molecule has 0 aliphatic heterocycles. The second-order valence-corrected chi connectivity index (χ2v) is 4.41. The van der Waals surface area contributed by atoms with Crippen molar-refractivity contribution in [1.29, 1.82) is 0 Å². The van der Waals surface area contributed by atoms with Crippen molar-refractivity contribution in [3.8, 4) is 11.5 Å². The van der Waals surface area contributed by atoms with Crippen molar-refractivity contribution in [3.05, 3.63) is 47.5 Å². The number of rotatable bonds is 5. The van der Waals surface area contributed by atoms with Crippen molar-refractivity contribution in [2.45, 2.75) is 13.0 Å². The Hall–Kier alpha value is -2.14. The molecule has 0 saturated carbocycles. The Morgan fingerprint density at radius 2 is 1.90 bits per heavy atom. The first-order chi connectivity index (χ1) is 9.69. The van der Waals surface area contributed by atoms with E-state index in [2.05, 4.69) is 15.3 Å². The topological polar surface area (TPSA) is 56.3 Å². The third-order valence-electron chi connectivity index (χ3n) is 3.13. The quantitative estimate of drug-likeness (QED) is 0.904. The summed E-state index contributed by atoms with van der Waals surface area (Å²) in [7, 11) is 5.18. The van der Waals surface area contributed by atoms with Gasteiger partial charge in [-0.05, 0) is 32.2 Å². The highest BCUT2D eigenvalue weighted by molar-refractivity contribution is 5.44. The van der Waals surface area contributed by atoms with E-state index in [0.29, 0.717) is 0 Å². The Morgan fingerprint density at radius 3 is 2.45 bits per heavy atom. The van der Waals surface area contributed by atoms with E-state index in [1.807, 2.05) is 32.2 Å². The molecule has 0 radical (unpaired) electrons. The minimum atomic E-state index is -0.104. The molecule has 0 fully saturated rings. The number of nitrogens with one attached hydrogen (secondary N) is 1. The highest BCUT2D eigenvalue weighted by Gasteiger charge is 2.19. The lowest BCUT2D eigenvalue weighted by Gasteiger charge is -2.19. The molecule has 0 aliphatic rings. The number of benzene rings is 1. The molecule has 1 heterocycles. The molecule has 5 heteroatoms. The van der Waals surface area contributed by atoms with E-state index in [-0.39, 0.29) is 6.04 Å². The van der Waals surface area contributed by atoms with Gasteiger partial charge in [-0.15, -0.1) is 0 Å². The van der Waals surface area contributed by atoms with Gasteiger partial charge in [0.1, 0.15) is 11.5 Å². The van der Waals surface area contributed by atoms with Crippen LogP contribution in [0.1, 0.15) is 23.0 Å². The van der Waals surface area contributed by atoms with Crippen molar-refractivity contribution in [2.24, 2.45) is 0 Å². The van der Waals surface area contributed by atoms with Gasteiger partial charge in [-0.3, -0.25) is 9.97 Å². The van der Waals surface area contributed by atoms with Crippen LogP contribution in [-0.2, 0) is 0 Å². The third kappa shape index (κ3) is 2.88. The lowest BCUT2D eigenvalue weighted by Crippen LogP contribution is -2.20. The maximum Gasteiger partial charge on any atom is 0.124 e. The summed E-state index contributed by atoms with van der Waals surface area (Å²) in [5.74, 6) is 1.56. The molecule has 1 atom stereocenters. The fraction of sp³-hybridized carbons (Fsp3) is 0.333. The van der Waals surface area contributed by atoms with Gasteiger partial charge in [-0.2, -0.15) is 0 Å². The molecule has 0 saturated heterocycles. The summed E-state index contributed by atoms with van der Waals surface area (Å²) in [5, 5.41) is 3.24. The number of aryl methyl sites for hydroxylation is 1. The van der Waals surface area contributed by atoms with Crippen molar-refractivity contribution in [2.75, 3.05) is 21.3 Å². The summed E-state index contributed by atoms with van der Waals surface area (Å²) in [6.07, 6.45) is 3.53. The fourth-order valence-electron chi connectivity index (χ4n) is 2.08. The van der Waals surface area contributed by atoms with Crippen LogP contribution in [0.15, 0.2) is 30.6 Å². The Kier molecular flexibility index (Phi) is 4.53. The summed E-state index contributed by atoms with van der Waals surface area (Å²) in [6, 6.07) is 5.60.